The maximum atomic E-state index is 3.77. The van der Waals surface area contributed by atoms with E-state index in [2.05, 4.69) is 80.7 Å². The number of benzene rings is 2. The van der Waals surface area contributed by atoms with Crippen molar-refractivity contribution >= 4 is 0 Å². The molecule has 0 radical (unpaired) electrons. The molecule has 0 saturated carbocycles. The molecule has 3 aliphatic heterocycles. The van der Waals surface area contributed by atoms with Gasteiger partial charge in [-0.25, -0.2) is 0 Å². The summed E-state index contributed by atoms with van der Waals surface area (Å²) in [6, 6.07) is 24.1. The number of hydrogen-bond acceptors (Lipinski definition) is 4. The Balaban J connectivity index is 1.07. The van der Waals surface area contributed by atoms with Crippen LogP contribution >= 0.6 is 0 Å². The van der Waals surface area contributed by atoms with Gasteiger partial charge in [0.2, 0.25) is 0 Å². The minimum atomic E-state index is 0.626. The maximum absolute atomic E-state index is 3.77. The van der Waals surface area contributed by atoms with Crippen LogP contribution in [0.3, 0.4) is 0 Å². The van der Waals surface area contributed by atoms with Crippen LogP contribution in [0, 0.1) is 0 Å². The first-order valence-electron chi connectivity index (χ1n) is 12.4. The third-order valence-electron chi connectivity index (χ3n) is 7.67. The zero-order valence-electron chi connectivity index (χ0n) is 18.8. The van der Waals surface area contributed by atoms with Crippen LogP contribution in [0.15, 0.2) is 60.7 Å². The minimum absolute atomic E-state index is 0.626. The van der Waals surface area contributed by atoms with Crippen molar-refractivity contribution in [1.29, 1.82) is 0 Å². The zero-order valence-corrected chi connectivity index (χ0v) is 18.8. The average Bonchev–Trinajstić information content (AvgIpc) is 3.29. The van der Waals surface area contributed by atoms with Crippen molar-refractivity contribution in [3.05, 3.63) is 71.8 Å². The third kappa shape index (κ3) is 5.56. The summed E-state index contributed by atoms with van der Waals surface area (Å²) in [7, 11) is 0. The summed E-state index contributed by atoms with van der Waals surface area (Å²) in [5.74, 6) is 0. The van der Waals surface area contributed by atoms with E-state index in [1.165, 1.54) is 76.2 Å². The van der Waals surface area contributed by atoms with Crippen LogP contribution in [0.1, 0.15) is 30.4 Å². The lowest BCUT2D eigenvalue weighted by molar-refractivity contribution is 0.0541. The van der Waals surface area contributed by atoms with Gasteiger partial charge in [-0.15, -0.1) is 0 Å². The Kier molecular flexibility index (Phi) is 7.00. The second-order valence-corrected chi connectivity index (χ2v) is 9.75. The van der Waals surface area contributed by atoms with Gasteiger partial charge in [0.15, 0.2) is 0 Å². The number of nitrogens with zero attached hydrogens (tertiary/aromatic N) is 3. The van der Waals surface area contributed by atoms with E-state index >= 15 is 0 Å². The van der Waals surface area contributed by atoms with Gasteiger partial charge in [0.05, 0.1) is 0 Å². The molecular weight excluding hydrogens is 380 g/mol. The molecule has 166 valence electrons. The van der Waals surface area contributed by atoms with Crippen LogP contribution in [0.2, 0.25) is 0 Å². The molecule has 2 aromatic rings. The van der Waals surface area contributed by atoms with Gasteiger partial charge in [-0.3, -0.25) is 14.7 Å². The highest BCUT2D eigenvalue weighted by molar-refractivity contribution is 5.16. The van der Waals surface area contributed by atoms with Crippen molar-refractivity contribution in [1.82, 2.24) is 20.0 Å². The molecule has 0 aromatic heterocycles. The molecule has 4 nitrogen and oxygen atoms in total. The van der Waals surface area contributed by atoms with Crippen molar-refractivity contribution in [2.45, 2.75) is 50.4 Å². The Morgan fingerprint density at radius 3 is 2.06 bits per heavy atom. The van der Waals surface area contributed by atoms with Gasteiger partial charge in [-0.2, -0.15) is 0 Å². The Morgan fingerprint density at radius 1 is 0.710 bits per heavy atom. The molecule has 3 aliphatic rings. The number of nitrogens with one attached hydrogen (secondary N) is 1. The Morgan fingerprint density at radius 2 is 1.35 bits per heavy atom. The third-order valence-corrected chi connectivity index (χ3v) is 7.67. The molecule has 3 saturated heterocycles. The minimum Gasteiger partial charge on any atom is -0.314 e. The topological polar surface area (TPSA) is 21.8 Å². The van der Waals surface area contributed by atoms with Gasteiger partial charge in [0.1, 0.15) is 0 Å². The summed E-state index contributed by atoms with van der Waals surface area (Å²) in [5, 5.41) is 3.77. The van der Waals surface area contributed by atoms with Crippen molar-refractivity contribution in [3.63, 3.8) is 0 Å². The molecule has 3 fully saturated rings. The SMILES string of the molecule is c1ccc(CC2CC(N3CCN(C4CCN(Cc5ccccc5)C4)CC3)CCN2)cc1. The van der Waals surface area contributed by atoms with E-state index in [0.29, 0.717) is 6.04 Å². The predicted octanol–water partition coefficient (Wildman–Crippen LogP) is 3.24. The zero-order chi connectivity index (χ0) is 20.9. The van der Waals surface area contributed by atoms with Crippen molar-refractivity contribution in [3.8, 4) is 0 Å². The Labute approximate surface area is 188 Å². The maximum Gasteiger partial charge on any atom is 0.0236 e. The normalized spacial score (nSPS) is 28.7. The molecule has 0 aliphatic carbocycles. The van der Waals surface area contributed by atoms with Crippen LogP contribution in [0.25, 0.3) is 0 Å². The van der Waals surface area contributed by atoms with Gasteiger partial charge in [-0.1, -0.05) is 60.7 Å². The Hall–Kier alpha value is -1.72. The lowest BCUT2D eigenvalue weighted by Crippen LogP contribution is -2.56. The standard InChI is InChI=1S/C27H38N4/c1-3-7-23(8-4-1)19-25-20-26(11-13-28-25)30-15-17-31(18-16-30)27-12-14-29(22-27)21-24-9-5-2-6-10-24/h1-10,25-28H,11-22H2. The van der Waals surface area contributed by atoms with Crippen molar-refractivity contribution < 1.29 is 0 Å². The number of piperidine rings is 1. The first-order chi connectivity index (χ1) is 15.3. The van der Waals surface area contributed by atoms with Crippen LogP contribution in [0.5, 0.6) is 0 Å². The smallest absolute Gasteiger partial charge is 0.0236 e. The van der Waals surface area contributed by atoms with Crippen LogP contribution in [0.4, 0.5) is 0 Å². The largest absolute Gasteiger partial charge is 0.314 e. The van der Waals surface area contributed by atoms with E-state index in [4.69, 9.17) is 0 Å². The molecule has 0 spiro atoms. The van der Waals surface area contributed by atoms with E-state index in [0.717, 1.165) is 25.0 Å². The summed E-state index contributed by atoms with van der Waals surface area (Å²) in [4.78, 5) is 8.23. The van der Waals surface area contributed by atoms with Gasteiger partial charge in [0, 0.05) is 63.9 Å². The highest BCUT2D eigenvalue weighted by Crippen LogP contribution is 2.23. The lowest BCUT2D eigenvalue weighted by atomic mass is 9.93. The van der Waals surface area contributed by atoms with E-state index < -0.39 is 0 Å². The van der Waals surface area contributed by atoms with E-state index in [1.807, 2.05) is 0 Å². The molecular formula is C27H38N4. The average molecular weight is 419 g/mol. The quantitative estimate of drug-likeness (QED) is 0.777. The fourth-order valence-electron chi connectivity index (χ4n) is 5.93. The second kappa shape index (κ2) is 10.3. The Bertz CT molecular complexity index is 787. The predicted molar refractivity (Wildman–Crippen MR) is 128 cm³/mol. The molecule has 0 amide bonds. The lowest BCUT2D eigenvalue weighted by Gasteiger charge is -2.44. The number of rotatable bonds is 6. The molecule has 3 heterocycles. The van der Waals surface area contributed by atoms with Gasteiger partial charge < -0.3 is 5.32 Å². The summed E-state index contributed by atoms with van der Waals surface area (Å²) in [5.41, 5.74) is 2.91. The van der Waals surface area contributed by atoms with E-state index in [-0.39, 0.29) is 0 Å². The molecule has 3 unspecified atom stereocenters. The van der Waals surface area contributed by atoms with Crippen LogP contribution in [-0.2, 0) is 13.0 Å². The number of likely N-dealkylation sites (tertiary alicyclic amines) is 1. The second-order valence-electron chi connectivity index (χ2n) is 9.75. The molecule has 31 heavy (non-hydrogen) atoms. The number of hydrogen-bond donors (Lipinski definition) is 1. The molecule has 3 atom stereocenters. The molecule has 4 heteroatoms. The first-order valence-corrected chi connectivity index (χ1v) is 12.4. The fraction of sp³-hybridized carbons (Fsp3) is 0.556. The van der Waals surface area contributed by atoms with Gasteiger partial charge >= 0.3 is 0 Å². The highest BCUT2D eigenvalue weighted by atomic mass is 15.3. The van der Waals surface area contributed by atoms with Crippen LogP contribution in [-0.4, -0.2) is 78.6 Å². The summed E-state index contributed by atoms with van der Waals surface area (Å²) < 4.78 is 0. The summed E-state index contributed by atoms with van der Waals surface area (Å²) in [6.45, 7) is 9.75. The molecule has 0 bridgehead atoms. The molecule has 1 N–H and O–H groups in total. The first kappa shape index (κ1) is 21.1. The summed E-state index contributed by atoms with van der Waals surface area (Å²) >= 11 is 0. The summed E-state index contributed by atoms with van der Waals surface area (Å²) in [6.07, 6.45) is 5.10. The van der Waals surface area contributed by atoms with E-state index in [1.54, 1.807) is 0 Å². The molecule has 5 rings (SSSR count). The van der Waals surface area contributed by atoms with Crippen LogP contribution < -0.4 is 5.32 Å². The van der Waals surface area contributed by atoms with Gasteiger partial charge in [0.25, 0.3) is 0 Å². The monoisotopic (exact) mass is 418 g/mol. The van der Waals surface area contributed by atoms with Gasteiger partial charge in [-0.05, 0) is 43.4 Å². The fourth-order valence-corrected chi connectivity index (χ4v) is 5.93. The molecule has 2 aromatic carbocycles. The van der Waals surface area contributed by atoms with Crippen molar-refractivity contribution in [2.24, 2.45) is 0 Å². The van der Waals surface area contributed by atoms with Crippen molar-refractivity contribution in [2.75, 3.05) is 45.8 Å². The van der Waals surface area contributed by atoms with E-state index in [9.17, 15) is 0 Å². The highest BCUT2D eigenvalue weighted by Gasteiger charge is 2.33. The number of piperazine rings is 1.